The van der Waals surface area contributed by atoms with Crippen LogP contribution in [0.4, 0.5) is 5.69 Å². The van der Waals surface area contributed by atoms with Crippen LogP contribution in [0, 0.1) is 0 Å². The molecule has 0 radical (unpaired) electrons. The molecule has 7 heterocycles. The van der Waals surface area contributed by atoms with Gasteiger partial charge < -0.3 is 52.6 Å². The highest BCUT2D eigenvalue weighted by Gasteiger charge is 2.41. The number of imide groups is 2. The SMILES string of the molecule is C.NC1CCCNC1.Nc1cccnc1.O=C(O)[C@@H](O)[C@H](O)C(=O)O.O=C1OC(=O)c2ccccc21.O=C1c2ccccc2C(=O)N1C1CCCNC1.O=C1c2ccccc2C(=O)N1[C@@H]1CCCNC1. The molecule has 21 nitrogen and oxygen atoms in total. The number of aliphatic hydroxyl groups excluding tert-OH is 2. The monoisotopic (exact) mass is 968 g/mol. The molecule has 3 aromatic carbocycles. The van der Waals surface area contributed by atoms with Gasteiger partial charge in [0.05, 0.1) is 51.2 Å². The minimum absolute atomic E-state index is 0. The molecule has 10 rings (SSSR count). The van der Waals surface area contributed by atoms with Gasteiger partial charge in [0.1, 0.15) is 0 Å². The topological polar surface area (TPSA) is 334 Å². The molecule has 4 aromatic rings. The number of carbonyl (C=O) groups is 8. The standard InChI is InChI=1S/2C13H14N2O2.C8H4O3.C5H12N2.C5H6N2.C4H6O6.CH4/c2*16-12-10-5-1-2-6-11(10)13(17)15(12)9-4-3-7-14-8-9;9-7-5-3-1-2-4-6(5)8(10)11-7;2*6-5-2-1-3-7-4-5;5-1(3(7)8)2(6)4(9)10;/h2*1-2,5-6,9,14H,3-4,7-8H2;1-4H;5,7H,1-4,6H2;1-4H,6H2;1-2,5-6H,(H,7,8)(H,9,10);1H4/t9-;;;;;1-,2-;/m1....0./s1. The van der Waals surface area contributed by atoms with Crippen molar-refractivity contribution in [1.29, 1.82) is 0 Å². The number of piperidine rings is 3. The minimum Gasteiger partial charge on any atom is -0.479 e. The maximum absolute atomic E-state index is 12.2. The fourth-order valence-corrected chi connectivity index (χ4v) is 7.74. The van der Waals surface area contributed by atoms with Gasteiger partial charge in [0, 0.05) is 38.1 Å². The third kappa shape index (κ3) is 14.6. The van der Waals surface area contributed by atoms with Gasteiger partial charge >= 0.3 is 23.9 Å². The van der Waals surface area contributed by atoms with Crippen LogP contribution in [0.25, 0.3) is 0 Å². The number of cyclic esters (lactones) is 2. The number of anilines is 1. The van der Waals surface area contributed by atoms with Crippen LogP contribution in [-0.2, 0) is 14.3 Å². The summed E-state index contributed by atoms with van der Waals surface area (Å²) in [4.78, 5) is 96.6. The number of nitrogen functional groups attached to an aromatic ring is 1. The molecule has 5 atom stereocenters. The van der Waals surface area contributed by atoms with Crippen LogP contribution < -0.4 is 27.4 Å². The molecule has 21 heteroatoms. The Hall–Kier alpha value is -7.27. The van der Waals surface area contributed by atoms with Crippen molar-refractivity contribution in [2.24, 2.45) is 5.73 Å². The van der Waals surface area contributed by atoms with Crippen molar-refractivity contribution < 1.29 is 63.5 Å². The molecule has 3 saturated heterocycles. The first-order valence-electron chi connectivity index (χ1n) is 22.3. The summed E-state index contributed by atoms with van der Waals surface area (Å²) < 4.78 is 4.35. The third-order valence-corrected chi connectivity index (χ3v) is 11.3. The third-order valence-electron chi connectivity index (χ3n) is 11.3. The molecule has 6 aliphatic rings. The summed E-state index contributed by atoms with van der Waals surface area (Å²) in [6.07, 6.45) is 5.05. The van der Waals surface area contributed by atoms with Gasteiger partial charge in [0.25, 0.3) is 23.6 Å². The summed E-state index contributed by atoms with van der Waals surface area (Å²) in [5, 5.41) is 42.2. The lowest BCUT2D eigenvalue weighted by atomic mass is 10.1. The zero-order valence-electron chi connectivity index (χ0n) is 37.6. The zero-order valence-corrected chi connectivity index (χ0v) is 37.6. The van der Waals surface area contributed by atoms with Gasteiger partial charge in [-0.25, -0.2) is 19.2 Å². The van der Waals surface area contributed by atoms with E-state index >= 15 is 0 Å². The van der Waals surface area contributed by atoms with Crippen molar-refractivity contribution >= 4 is 53.2 Å². The number of pyridine rings is 1. The van der Waals surface area contributed by atoms with E-state index in [9.17, 15) is 38.4 Å². The second-order valence-electron chi connectivity index (χ2n) is 16.2. The lowest BCUT2D eigenvalue weighted by Crippen LogP contribution is -2.48. The van der Waals surface area contributed by atoms with Crippen molar-refractivity contribution in [3.05, 3.63) is 131 Å². The van der Waals surface area contributed by atoms with E-state index in [0.717, 1.165) is 51.9 Å². The Balaban J connectivity index is 0.000000189. The quantitative estimate of drug-likeness (QED) is 0.0784. The predicted molar refractivity (Wildman–Crippen MR) is 255 cm³/mol. The molecular weight excluding hydrogens is 909 g/mol. The van der Waals surface area contributed by atoms with Gasteiger partial charge in [-0.2, -0.15) is 0 Å². The number of amides is 4. The molecule has 374 valence electrons. The smallest absolute Gasteiger partial charge is 0.346 e. The average Bonchev–Trinajstić information content (AvgIpc) is 3.92. The van der Waals surface area contributed by atoms with Crippen molar-refractivity contribution in [1.82, 2.24) is 30.7 Å². The summed E-state index contributed by atoms with van der Waals surface area (Å²) in [7, 11) is 0. The molecule has 3 fully saturated rings. The van der Waals surface area contributed by atoms with Crippen LogP contribution in [0.5, 0.6) is 0 Å². The van der Waals surface area contributed by atoms with E-state index in [1.54, 1.807) is 97.3 Å². The van der Waals surface area contributed by atoms with Gasteiger partial charge in [-0.3, -0.25) is 34.0 Å². The number of nitrogens with one attached hydrogen (secondary N) is 3. The predicted octanol–water partition coefficient (Wildman–Crippen LogP) is 1.94. The van der Waals surface area contributed by atoms with E-state index in [1.807, 2.05) is 0 Å². The fraction of sp³-hybridized carbons (Fsp3) is 0.367. The fourth-order valence-electron chi connectivity index (χ4n) is 7.74. The first-order valence-corrected chi connectivity index (χ1v) is 22.3. The van der Waals surface area contributed by atoms with E-state index in [4.69, 9.17) is 31.9 Å². The number of benzene rings is 3. The number of carboxylic acids is 2. The molecule has 6 aliphatic heterocycles. The maximum atomic E-state index is 12.2. The normalized spacial score (nSPS) is 20.4. The van der Waals surface area contributed by atoms with Crippen molar-refractivity contribution in [3.8, 4) is 0 Å². The Morgan fingerprint density at radius 1 is 0.571 bits per heavy atom. The van der Waals surface area contributed by atoms with Crippen LogP contribution in [0.1, 0.15) is 108 Å². The van der Waals surface area contributed by atoms with Gasteiger partial charge in [-0.1, -0.05) is 43.8 Å². The molecule has 0 spiro atoms. The molecular formula is C49H60N8O13. The summed E-state index contributed by atoms with van der Waals surface area (Å²) >= 11 is 0. The Bertz CT molecular complexity index is 2250. The molecule has 0 saturated carbocycles. The van der Waals surface area contributed by atoms with Crippen LogP contribution in [0.15, 0.2) is 97.3 Å². The number of aliphatic hydroxyl groups is 2. The second kappa shape index (κ2) is 27.1. The summed E-state index contributed by atoms with van der Waals surface area (Å²) in [6, 6.07) is 24.7. The van der Waals surface area contributed by atoms with E-state index < -0.39 is 36.1 Å². The Morgan fingerprint density at radius 2 is 0.929 bits per heavy atom. The molecule has 0 bridgehead atoms. The summed E-state index contributed by atoms with van der Waals surface area (Å²) in [6.45, 7) is 5.55. The van der Waals surface area contributed by atoms with Crippen molar-refractivity contribution in [3.63, 3.8) is 0 Å². The average molecular weight is 969 g/mol. The van der Waals surface area contributed by atoms with Gasteiger partial charge in [0.15, 0.2) is 12.2 Å². The van der Waals surface area contributed by atoms with Crippen LogP contribution in [0.3, 0.4) is 0 Å². The number of ether oxygens (including phenoxy) is 1. The summed E-state index contributed by atoms with van der Waals surface area (Å²) in [5.41, 5.74) is 14.5. The Kier molecular flexibility index (Phi) is 21.4. The van der Waals surface area contributed by atoms with Crippen LogP contribution in [0.2, 0.25) is 0 Å². The highest BCUT2D eigenvalue weighted by Crippen LogP contribution is 2.28. The number of hydrogen-bond acceptors (Lipinski definition) is 17. The largest absolute Gasteiger partial charge is 0.479 e. The van der Waals surface area contributed by atoms with E-state index in [-0.39, 0.29) is 43.1 Å². The van der Waals surface area contributed by atoms with E-state index in [0.29, 0.717) is 58.2 Å². The number of aromatic nitrogens is 1. The van der Waals surface area contributed by atoms with Gasteiger partial charge in [-0.15, -0.1) is 0 Å². The minimum atomic E-state index is -2.27. The number of carbonyl (C=O) groups excluding carboxylic acids is 6. The molecule has 1 aromatic heterocycles. The number of rotatable bonds is 5. The number of carboxylic acid groups (broad SMARTS) is 2. The lowest BCUT2D eigenvalue weighted by Gasteiger charge is -2.29. The van der Waals surface area contributed by atoms with Crippen LogP contribution in [-0.4, -0.2) is 152 Å². The van der Waals surface area contributed by atoms with E-state index in [1.165, 1.54) is 22.6 Å². The Morgan fingerprint density at radius 3 is 1.17 bits per heavy atom. The number of esters is 2. The number of aliphatic carboxylic acids is 2. The molecule has 70 heavy (non-hydrogen) atoms. The maximum Gasteiger partial charge on any atom is 0.346 e. The molecule has 0 aliphatic carbocycles. The second-order valence-corrected chi connectivity index (χ2v) is 16.2. The first-order chi connectivity index (χ1) is 33.1. The van der Waals surface area contributed by atoms with Crippen molar-refractivity contribution in [2.45, 2.75) is 76.3 Å². The highest BCUT2D eigenvalue weighted by atomic mass is 16.6. The number of nitrogens with two attached hydrogens (primary N) is 2. The number of nitrogens with zero attached hydrogens (tertiary/aromatic N) is 3. The zero-order chi connectivity index (χ0) is 50.0. The van der Waals surface area contributed by atoms with Gasteiger partial charge in [0.2, 0.25) is 0 Å². The molecule has 2 unspecified atom stereocenters. The lowest BCUT2D eigenvalue weighted by molar-refractivity contribution is -0.165. The number of hydrogen-bond donors (Lipinski definition) is 9. The Labute approximate surface area is 404 Å². The first kappa shape index (κ1) is 55.3. The van der Waals surface area contributed by atoms with Crippen molar-refractivity contribution in [2.75, 3.05) is 45.0 Å². The highest BCUT2D eigenvalue weighted by molar-refractivity contribution is 6.22. The van der Waals surface area contributed by atoms with Crippen LogP contribution >= 0.6 is 0 Å². The summed E-state index contributed by atoms with van der Waals surface area (Å²) in [5.74, 6) is -5.20. The number of fused-ring (bicyclic) bond motifs is 3. The molecule has 11 N–H and O–H groups in total. The molecule has 4 amide bonds. The van der Waals surface area contributed by atoms with E-state index in [2.05, 4.69) is 25.7 Å². The van der Waals surface area contributed by atoms with Gasteiger partial charge in [-0.05, 0) is 107 Å².